The number of rotatable bonds is 0. The molecule has 2 aromatic carbocycles. The SMILES string of the molecule is CC(C)(C)c1ccc2c(c1)[C@H](O)c1ccccc1CC2. The summed E-state index contributed by atoms with van der Waals surface area (Å²) in [4.78, 5) is 0. The quantitative estimate of drug-likeness (QED) is 0.759. The molecule has 1 aliphatic rings. The van der Waals surface area contributed by atoms with Crippen molar-refractivity contribution in [3.05, 3.63) is 70.3 Å². The highest BCUT2D eigenvalue weighted by Crippen LogP contribution is 2.35. The first-order valence-corrected chi connectivity index (χ1v) is 7.36. The van der Waals surface area contributed by atoms with Crippen LogP contribution in [0.1, 0.15) is 54.7 Å². The van der Waals surface area contributed by atoms with Crippen molar-refractivity contribution in [2.24, 2.45) is 0 Å². The molecule has 1 heteroatoms. The van der Waals surface area contributed by atoms with Crippen molar-refractivity contribution in [3.63, 3.8) is 0 Å². The van der Waals surface area contributed by atoms with E-state index in [0.29, 0.717) is 0 Å². The second-order valence-corrected chi connectivity index (χ2v) is 6.76. The van der Waals surface area contributed by atoms with E-state index in [-0.39, 0.29) is 5.41 Å². The molecule has 0 fully saturated rings. The van der Waals surface area contributed by atoms with Crippen LogP contribution in [0.15, 0.2) is 42.5 Å². The fraction of sp³-hybridized carbons (Fsp3) is 0.368. The van der Waals surface area contributed by atoms with Crippen molar-refractivity contribution in [1.82, 2.24) is 0 Å². The summed E-state index contributed by atoms with van der Waals surface area (Å²) in [6.45, 7) is 6.64. The lowest BCUT2D eigenvalue weighted by atomic mass is 9.84. The van der Waals surface area contributed by atoms with Gasteiger partial charge in [-0.3, -0.25) is 0 Å². The molecule has 1 atom stereocenters. The molecule has 0 spiro atoms. The molecule has 0 aliphatic heterocycles. The van der Waals surface area contributed by atoms with Crippen molar-refractivity contribution in [1.29, 1.82) is 0 Å². The molecule has 0 saturated heterocycles. The molecule has 0 radical (unpaired) electrons. The van der Waals surface area contributed by atoms with Gasteiger partial charge in [-0.1, -0.05) is 63.2 Å². The van der Waals surface area contributed by atoms with Gasteiger partial charge in [-0.25, -0.2) is 0 Å². The first-order valence-electron chi connectivity index (χ1n) is 7.36. The highest BCUT2D eigenvalue weighted by atomic mass is 16.3. The standard InChI is InChI=1S/C19H22O/c1-19(2,3)15-11-10-14-9-8-13-6-4-5-7-16(13)18(20)17(14)12-15/h4-7,10-12,18,20H,8-9H2,1-3H3/t18-/m1/s1. The molecule has 0 saturated carbocycles. The normalized spacial score (nSPS) is 18.1. The average molecular weight is 266 g/mol. The van der Waals surface area contributed by atoms with E-state index in [1.807, 2.05) is 6.07 Å². The largest absolute Gasteiger partial charge is 0.384 e. The summed E-state index contributed by atoms with van der Waals surface area (Å²) in [5.41, 5.74) is 6.10. The minimum atomic E-state index is -0.494. The zero-order valence-electron chi connectivity index (χ0n) is 12.5. The maximum Gasteiger partial charge on any atom is 0.105 e. The van der Waals surface area contributed by atoms with E-state index in [4.69, 9.17) is 0 Å². The van der Waals surface area contributed by atoms with E-state index in [1.54, 1.807) is 0 Å². The summed E-state index contributed by atoms with van der Waals surface area (Å²) in [7, 11) is 0. The predicted octanol–water partition coefficient (Wildman–Crippen LogP) is 4.16. The molecule has 0 amide bonds. The smallest absolute Gasteiger partial charge is 0.105 e. The van der Waals surface area contributed by atoms with E-state index in [1.165, 1.54) is 16.7 Å². The molecule has 0 bridgehead atoms. The third-order valence-electron chi connectivity index (χ3n) is 4.32. The third kappa shape index (κ3) is 2.27. The summed E-state index contributed by atoms with van der Waals surface area (Å²) in [6, 6.07) is 14.9. The van der Waals surface area contributed by atoms with Crippen LogP contribution >= 0.6 is 0 Å². The second kappa shape index (κ2) is 4.75. The molecule has 1 aliphatic carbocycles. The number of aryl methyl sites for hydroxylation is 2. The van der Waals surface area contributed by atoms with E-state index in [0.717, 1.165) is 24.0 Å². The van der Waals surface area contributed by atoms with Gasteiger partial charge in [-0.2, -0.15) is 0 Å². The van der Waals surface area contributed by atoms with Crippen LogP contribution in [-0.4, -0.2) is 5.11 Å². The van der Waals surface area contributed by atoms with Crippen LogP contribution < -0.4 is 0 Å². The van der Waals surface area contributed by atoms with Crippen LogP contribution in [0.2, 0.25) is 0 Å². The van der Waals surface area contributed by atoms with Gasteiger partial charge in [0.05, 0.1) is 0 Å². The van der Waals surface area contributed by atoms with Gasteiger partial charge in [0.2, 0.25) is 0 Å². The minimum Gasteiger partial charge on any atom is -0.384 e. The molecule has 2 aromatic rings. The second-order valence-electron chi connectivity index (χ2n) is 6.76. The van der Waals surface area contributed by atoms with E-state index < -0.39 is 6.10 Å². The Kier molecular flexibility index (Phi) is 3.18. The van der Waals surface area contributed by atoms with E-state index in [9.17, 15) is 5.11 Å². The van der Waals surface area contributed by atoms with Crippen molar-refractivity contribution in [2.45, 2.75) is 45.1 Å². The zero-order chi connectivity index (χ0) is 14.3. The van der Waals surface area contributed by atoms with Crippen LogP contribution in [0.4, 0.5) is 0 Å². The molecule has 0 unspecified atom stereocenters. The molecular formula is C19H22O. The van der Waals surface area contributed by atoms with Gasteiger partial charge in [0.25, 0.3) is 0 Å². The number of fused-ring (bicyclic) bond motifs is 2. The first-order chi connectivity index (χ1) is 9.47. The van der Waals surface area contributed by atoms with Gasteiger partial charge in [0.15, 0.2) is 0 Å². The van der Waals surface area contributed by atoms with Crippen LogP contribution in [0, 0.1) is 0 Å². The molecular weight excluding hydrogens is 244 g/mol. The molecule has 0 heterocycles. The highest BCUT2D eigenvalue weighted by Gasteiger charge is 2.23. The zero-order valence-corrected chi connectivity index (χ0v) is 12.5. The van der Waals surface area contributed by atoms with Crippen molar-refractivity contribution >= 4 is 0 Å². The lowest BCUT2D eigenvalue weighted by molar-refractivity contribution is 0.219. The maximum atomic E-state index is 10.8. The topological polar surface area (TPSA) is 20.2 Å². The molecule has 20 heavy (non-hydrogen) atoms. The van der Waals surface area contributed by atoms with Crippen LogP contribution in [0.5, 0.6) is 0 Å². The Hall–Kier alpha value is -1.60. The van der Waals surface area contributed by atoms with E-state index >= 15 is 0 Å². The summed E-state index contributed by atoms with van der Waals surface area (Å²) in [5.74, 6) is 0. The molecule has 3 rings (SSSR count). The van der Waals surface area contributed by atoms with Crippen molar-refractivity contribution in [2.75, 3.05) is 0 Å². The van der Waals surface area contributed by atoms with Gasteiger partial charge >= 0.3 is 0 Å². The Labute approximate surface area is 121 Å². The molecule has 1 N–H and O–H groups in total. The number of benzene rings is 2. The van der Waals surface area contributed by atoms with Crippen molar-refractivity contribution in [3.8, 4) is 0 Å². The Morgan fingerprint density at radius 1 is 0.900 bits per heavy atom. The highest BCUT2D eigenvalue weighted by molar-refractivity contribution is 5.45. The lowest BCUT2D eigenvalue weighted by Gasteiger charge is -2.22. The minimum absolute atomic E-state index is 0.112. The molecule has 0 aromatic heterocycles. The number of hydrogen-bond donors (Lipinski definition) is 1. The Morgan fingerprint density at radius 3 is 2.25 bits per heavy atom. The summed E-state index contributed by atoms with van der Waals surface area (Å²) in [5, 5.41) is 10.8. The third-order valence-corrected chi connectivity index (χ3v) is 4.32. The predicted molar refractivity (Wildman–Crippen MR) is 83.1 cm³/mol. The summed E-state index contributed by atoms with van der Waals surface area (Å²) >= 11 is 0. The Morgan fingerprint density at radius 2 is 1.55 bits per heavy atom. The van der Waals surface area contributed by atoms with Crippen LogP contribution in [-0.2, 0) is 18.3 Å². The van der Waals surface area contributed by atoms with Gasteiger partial charge in [-0.05, 0) is 46.1 Å². The first kappa shape index (κ1) is 13.4. The Bertz CT molecular complexity index is 634. The number of aliphatic hydroxyl groups excluding tert-OH is 1. The number of aliphatic hydroxyl groups is 1. The summed E-state index contributed by atoms with van der Waals surface area (Å²) in [6.07, 6.45) is 1.52. The fourth-order valence-corrected chi connectivity index (χ4v) is 3.01. The monoisotopic (exact) mass is 266 g/mol. The molecule has 104 valence electrons. The van der Waals surface area contributed by atoms with Crippen molar-refractivity contribution < 1.29 is 5.11 Å². The van der Waals surface area contributed by atoms with E-state index in [2.05, 4.69) is 57.2 Å². The fourth-order valence-electron chi connectivity index (χ4n) is 3.01. The average Bonchev–Trinajstić information content (AvgIpc) is 2.56. The van der Waals surface area contributed by atoms with Crippen LogP contribution in [0.25, 0.3) is 0 Å². The van der Waals surface area contributed by atoms with Gasteiger partial charge in [0, 0.05) is 0 Å². The number of hydrogen-bond acceptors (Lipinski definition) is 1. The van der Waals surface area contributed by atoms with Gasteiger partial charge in [-0.15, -0.1) is 0 Å². The van der Waals surface area contributed by atoms with Gasteiger partial charge in [0.1, 0.15) is 6.10 Å². The Balaban J connectivity index is 2.13. The lowest BCUT2D eigenvalue weighted by Crippen LogP contribution is -2.13. The van der Waals surface area contributed by atoms with Gasteiger partial charge < -0.3 is 5.11 Å². The maximum absolute atomic E-state index is 10.8. The summed E-state index contributed by atoms with van der Waals surface area (Å²) < 4.78 is 0. The molecule has 1 nitrogen and oxygen atoms in total. The van der Waals surface area contributed by atoms with Crippen LogP contribution in [0.3, 0.4) is 0 Å².